The van der Waals surface area contributed by atoms with Crippen LogP contribution in [0, 0.1) is 0 Å². The molecule has 0 saturated heterocycles. The predicted octanol–water partition coefficient (Wildman–Crippen LogP) is 7.24. The molecule has 210 valence electrons. The molecular weight excluding hydrogens is 472 g/mol. The van der Waals surface area contributed by atoms with Gasteiger partial charge in [-0.1, -0.05) is 103 Å². The van der Waals surface area contributed by atoms with Gasteiger partial charge in [-0.25, -0.2) is 9.97 Å². The second-order valence-electron chi connectivity index (χ2n) is 9.56. The van der Waals surface area contributed by atoms with Gasteiger partial charge in [0.1, 0.15) is 6.10 Å². The summed E-state index contributed by atoms with van der Waals surface area (Å²) < 4.78 is 17.2. The number of thioether (sulfide) groups is 1. The van der Waals surface area contributed by atoms with Crippen molar-refractivity contribution < 1.29 is 19.3 Å². The van der Waals surface area contributed by atoms with E-state index in [1.807, 2.05) is 0 Å². The Hall–Kier alpha value is -0.890. The summed E-state index contributed by atoms with van der Waals surface area (Å²) in [5.41, 5.74) is 0. The minimum absolute atomic E-state index is 0.0644. The topological polar surface area (TPSA) is 73.7 Å². The molecule has 6 nitrogen and oxygen atoms in total. The fourth-order valence-corrected chi connectivity index (χ4v) is 4.91. The molecule has 0 fully saturated rings. The van der Waals surface area contributed by atoms with Gasteiger partial charge in [-0.05, 0) is 12.5 Å². The lowest BCUT2D eigenvalue weighted by Crippen LogP contribution is -2.27. The van der Waals surface area contributed by atoms with Crippen molar-refractivity contribution in [1.29, 1.82) is 0 Å². The second kappa shape index (κ2) is 27.2. The molecule has 36 heavy (non-hydrogen) atoms. The summed E-state index contributed by atoms with van der Waals surface area (Å²) in [6, 6.07) is 2.17. The largest absolute Gasteiger partial charge is 0.457 e. The number of nitrogens with zero attached hydrogens (tertiary/aromatic N) is 2. The van der Waals surface area contributed by atoms with Gasteiger partial charge in [0.25, 0.3) is 0 Å². The normalized spacial score (nSPS) is 12.2. The molecule has 0 radical (unpaired) electrons. The van der Waals surface area contributed by atoms with Crippen LogP contribution in [-0.4, -0.2) is 65.7 Å². The fraction of sp³-hybridized carbons (Fsp3) is 0.862. The van der Waals surface area contributed by atoms with E-state index in [0.717, 1.165) is 24.5 Å². The molecule has 0 aliphatic heterocycles. The Bertz CT molecular complexity index is 553. The highest BCUT2D eigenvalue weighted by atomic mass is 32.2. The minimum atomic E-state index is -0.0868. The van der Waals surface area contributed by atoms with Crippen LogP contribution in [-0.2, 0) is 9.47 Å². The third-order valence-electron chi connectivity index (χ3n) is 6.17. The molecule has 1 aromatic rings. The number of hydrogen-bond donors (Lipinski definition) is 1. The first-order valence-electron chi connectivity index (χ1n) is 14.6. The number of unbranched alkanes of at least 4 members (excludes halogenated alkanes) is 15. The van der Waals surface area contributed by atoms with Crippen molar-refractivity contribution in [1.82, 2.24) is 9.97 Å². The maximum atomic E-state index is 8.77. The van der Waals surface area contributed by atoms with Crippen molar-refractivity contribution >= 4 is 11.8 Å². The predicted molar refractivity (Wildman–Crippen MR) is 152 cm³/mol. The first-order valence-corrected chi connectivity index (χ1v) is 15.8. The molecule has 0 amide bonds. The summed E-state index contributed by atoms with van der Waals surface area (Å²) in [6.07, 6.45) is 25.3. The van der Waals surface area contributed by atoms with Gasteiger partial charge in [-0.2, -0.15) is 11.8 Å². The van der Waals surface area contributed by atoms with Gasteiger partial charge in [0, 0.05) is 30.5 Å². The molecule has 0 aromatic carbocycles. The first-order chi connectivity index (χ1) is 17.9. The smallest absolute Gasteiger partial charge is 0.316 e. The van der Waals surface area contributed by atoms with E-state index in [0.29, 0.717) is 25.8 Å². The van der Waals surface area contributed by atoms with Gasteiger partial charge < -0.3 is 19.3 Å². The monoisotopic (exact) mass is 526 g/mol. The van der Waals surface area contributed by atoms with Crippen molar-refractivity contribution in [3.05, 3.63) is 18.5 Å². The summed E-state index contributed by atoms with van der Waals surface area (Å²) in [6.45, 7) is 4.68. The Morgan fingerprint density at radius 3 is 1.83 bits per heavy atom. The summed E-state index contributed by atoms with van der Waals surface area (Å²) in [5, 5.41) is 8.77. The standard InChI is InChI=1S/C29H54N2O4S/c1-2-3-4-5-6-7-8-9-10-11-12-13-14-15-16-17-22-34-26-28(27-36-25-24-33-23-21-32)35-29-30-19-18-20-31-29/h18-20,28,32H,2-17,21-27H2,1H3. The molecule has 0 bridgehead atoms. The molecular formula is C29H54N2O4S. The fourth-order valence-electron chi connectivity index (χ4n) is 4.08. The Morgan fingerprint density at radius 2 is 1.28 bits per heavy atom. The molecule has 1 N–H and O–H groups in total. The van der Waals surface area contributed by atoms with Crippen LogP contribution in [0.1, 0.15) is 110 Å². The van der Waals surface area contributed by atoms with E-state index in [9.17, 15) is 0 Å². The highest BCUT2D eigenvalue weighted by Gasteiger charge is 2.13. The zero-order valence-electron chi connectivity index (χ0n) is 23.0. The molecule has 0 saturated carbocycles. The Labute approximate surface area is 225 Å². The van der Waals surface area contributed by atoms with Crippen LogP contribution < -0.4 is 4.74 Å². The van der Waals surface area contributed by atoms with Gasteiger partial charge in [-0.3, -0.25) is 0 Å². The van der Waals surface area contributed by atoms with Crippen LogP contribution in [0.25, 0.3) is 0 Å². The van der Waals surface area contributed by atoms with Crippen molar-refractivity contribution in [3.63, 3.8) is 0 Å². The number of hydrogen-bond acceptors (Lipinski definition) is 7. The quantitative estimate of drug-likeness (QED) is 0.115. The van der Waals surface area contributed by atoms with Crippen LogP contribution in [0.5, 0.6) is 6.01 Å². The van der Waals surface area contributed by atoms with E-state index in [1.54, 1.807) is 30.2 Å². The average molecular weight is 527 g/mol. The zero-order valence-corrected chi connectivity index (χ0v) is 23.9. The van der Waals surface area contributed by atoms with Crippen molar-refractivity contribution in [2.75, 3.05) is 44.5 Å². The van der Waals surface area contributed by atoms with Crippen molar-refractivity contribution in [2.24, 2.45) is 0 Å². The van der Waals surface area contributed by atoms with Crippen molar-refractivity contribution in [2.45, 2.75) is 116 Å². The Kier molecular flexibility index (Phi) is 25.0. The number of aliphatic hydroxyl groups excluding tert-OH is 1. The van der Waals surface area contributed by atoms with E-state index >= 15 is 0 Å². The molecule has 0 aliphatic rings. The Morgan fingerprint density at radius 1 is 0.722 bits per heavy atom. The first kappa shape index (κ1) is 33.1. The highest BCUT2D eigenvalue weighted by molar-refractivity contribution is 7.99. The molecule has 1 aromatic heterocycles. The van der Waals surface area contributed by atoms with Crippen LogP contribution in [0.4, 0.5) is 0 Å². The number of rotatable bonds is 28. The zero-order chi connectivity index (χ0) is 25.8. The number of aromatic nitrogens is 2. The summed E-state index contributed by atoms with van der Waals surface area (Å²) in [5.74, 6) is 1.65. The minimum Gasteiger partial charge on any atom is -0.457 e. The number of ether oxygens (including phenoxy) is 3. The summed E-state index contributed by atoms with van der Waals surface area (Å²) >= 11 is 1.75. The van der Waals surface area contributed by atoms with Gasteiger partial charge in [0.2, 0.25) is 0 Å². The summed E-state index contributed by atoms with van der Waals surface area (Å²) in [7, 11) is 0. The highest BCUT2D eigenvalue weighted by Crippen LogP contribution is 2.14. The lowest BCUT2D eigenvalue weighted by Gasteiger charge is -2.17. The van der Waals surface area contributed by atoms with E-state index < -0.39 is 0 Å². The van der Waals surface area contributed by atoms with Gasteiger partial charge in [0.15, 0.2) is 0 Å². The van der Waals surface area contributed by atoms with Crippen LogP contribution in [0.3, 0.4) is 0 Å². The Balaban J connectivity index is 1.95. The maximum absolute atomic E-state index is 8.77. The SMILES string of the molecule is CCCCCCCCCCCCCCCCCCOCC(CSCCOCCO)Oc1ncccn1. The summed E-state index contributed by atoms with van der Waals surface area (Å²) in [4.78, 5) is 8.33. The van der Waals surface area contributed by atoms with E-state index in [-0.39, 0.29) is 12.7 Å². The number of aliphatic hydroxyl groups is 1. The maximum Gasteiger partial charge on any atom is 0.316 e. The molecule has 1 rings (SSSR count). The molecule has 1 heterocycles. The van der Waals surface area contributed by atoms with Crippen molar-refractivity contribution in [3.8, 4) is 6.01 Å². The lowest BCUT2D eigenvalue weighted by atomic mass is 10.0. The molecule has 1 unspecified atom stereocenters. The lowest BCUT2D eigenvalue weighted by molar-refractivity contribution is 0.0541. The molecule has 1 atom stereocenters. The molecule has 0 aliphatic carbocycles. The van der Waals surface area contributed by atoms with Crippen LogP contribution >= 0.6 is 11.8 Å². The van der Waals surface area contributed by atoms with E-state index in [1.165, 1.54) is 96.3 Å². The van der Waals surface area contributed by atoms with E-state index in [2.05, 4.69) is 16.9 Å². The van der Waals surface area contributed by atoms with Crippen LogP contribution in [0.15, 0.2) is 18.5 Å². The average Bonchev–Trinajstić information content (AvgIpc) is 2.90. The molecule has 7 heteroatoms. The van der Waals surface area contributed by atoms with E-state index in [4.69, 9.17) is 19.3 Å². The van der Waals surface area contributed by atoms with Crippen LogP contribution in [0.2, 0.25) is 0 Å². The van der Waals surface area contributed by atoms with Gasteiger partial charge in [-0.15, -0.1) is 0 Å². The molecule has 0 spiro atoms. The third-order valence-corrected chi connectivity index (χ3v) is 7.23. The second-order valence-corrected chi connectivity index (χ2v) is 10.7. The van der Waals surface area contributed by atoms with Gasteiger partial charge in [0.05, 0.1) is 26.4 Å². The third kappa shape index (κ3) is 22.3. The van der Waals surface area contributed by atoms with Gasteiger partial charge >= 0.3 is 6.01 Å².